The molecule has 1 aromatic carbocycles. The molecular weight excluding hydrogens is 330 g/mol. The molecule has 6 nitrogen and oxygen atoms in total. The fourth-order valence-electron chi connectivity index (χ4n) is 2.92. The topological polar surface area (TPSA) is 73.2 Å². The average molecular weight is 353 g/mol. The van der Waals surface area contributed by atoms with Crippen molar-refractivity contribution < 1.29 is 14.3 Å². The van der Waals surface area contributed by atoms with Gasteiger partial charge in [0, 0.05) is 12.5 Å². The van der Waals surface area contributed by atoms with Gasteiger partial charge >= 0.3 is 0 Å². The standard InChI is InChI=1S/C20H23N3O3/c1-14-5-3-6-16(13-24)21-20(25)19-11-15(2)22-23(19)17-7-4-8-18(12-17)26-10-9-14/h4-5,7-8,11-13,16H,3,6,9-10H2,1-2H3,(H,21,25)/b14-5+/t16-/m0/s1. The van der Waals surface area contributed by atoms with E-state index in [0.717, 1.165) is 36.3 Å². The van der Waals surface area contributed by atoms with Crippen LogP contribution in [-0.4, -0.2) is 34.6 Å². The number of aldehydes is 1. The zero-order chi connectivity index (χ0) is 18.5. The van der Waals surface area contributed by atoms with Crippen LogP contribution in [0.15, 0.2) is 42.0 Å². The van der Waals surface area contributed by atoms with Crippen LogP contribution < -0.4 is 10.1 Å². The molecule has 0 unspecified atom stereocenters. The minimum atomic E-state index is -0.525. The number of nitrogens with zero attached hydrogens (tertiary/aromatic N) is 2. The molecule has 3 rings (SSSR count). The Labute approximate surface area is 152 Å². The number of fused-ring (bicyclic) bond motifs is 4. The Morgan fingerprint density at radius 2 is 2.15 bits per heavy atom. The molecule has 1 amide bonds. The van der Waals surface area contributed by atoms with Gasteiger partial charge in [0.25, 0.3) is 5.91 Å². The van der Waals surface area contributed by atoms with Gasteiger partial charge < -0.3 is 14.8 Å². The third kappa shape index (κ3) is 4.20. The van der Waals surface area contributed by atoms with Crippen molar-refractivity contribution in [3.8, 4) is 11.4 Å². The van der Waals surface area contributed by atoms with E-state index < -0.39 is 6.04 Å². The molecule has 0 spiro atoms. The number of amides is 1. The third-order valence-electron chi connectivity index (χ3n) is 4.34. The van der Waals surface area contributed by atoms with Crippen molar-refractivity contribution in [2.75, 3.05) is 6.61 Å². The molecule has 1 aromatic heterocycles. The molecule has 2 heterocycles. The molecule has 2 bridgehead atoms. The normalized spacial score (nSPS) is 20.5. The zero-order valence-electron chi connectivity index (χ0n) is 15.1. The number of rotatable bonds is 1. The summed E-state index contributed by atoms with van der Waals surface area (Å²) in [5.41, 5.74) is 3.07. The summed E-state index contributed by atoms with van der Waals surface area (Å²) in [5.74, 6) is 0.417. The van der Waals surface area contributed by atoms with E-state index in [4.69, 9.17) is 4.74 Å². The van der Waals surface area contributed by atoms with E-state index in [1.165, 1.54) is 5.57 Å². The molecule has 26 heavy (non-hydrogen) atoms. The predicted molar refractivity (Wildman–Crippen MR) is 98.7 cm³/mol. The monoisotopic (exact) mass is 353 g/mol. The summed E-state index contributed by atoms with van der Waals surface area (Å²) in [4.78, 5) is 24.1. The highest BCUT2D eigenvalue weighted by Gasteiger charge is 2.19. The van der Waals surface area contributed by atoms with Gasteiger partial charge in [0.15, 0.2) is 0 Å². The van der Waals surface area contributed by atoms with Crippen LogP contribution in [0.1, 0.15) is 42.4 Å². The second-order valence-corrected chi connectivity index (χ2v) is 6.52. The molecule has 0 saturated carbocycles. The highest BCUT2D eigenvalue weighted by atomic mass is 16.5. The lowest BCUT2D eigenvalue weighted by atomic mass is 10.1. The number of nitrogens with one attached hydrogen (secondary N) is 1. The maximum Gasteiger partial charge on any atom is 0.270 e. The summed E-state index contributed by atoms with van der Waals surface area (Å²) in [6.07, 6.45) is 4.98. The summed E-state index contributed by atoms with van der Waals surface area (Å²) in [6, 6.07) is 8.68. The predicted octanol–water partition coefficient (Wildman–Crippen LogP) is 2.99. The lowest BCUT2D eigenvalue weighted by molar-refractivity contribution is -0.109. The van der Waals surface area contributed by atoms with Crippen molar-refractivity contribution in [1.82, 2.24) is 15.1 Å². The Bertz CT molecular complexity index is 839. The van der Waals surface area contributed by atoms with Gasteiger partial charge in [-0.3, -0.25) is 4.79 Å². The second kappa shape index (κ2) is 7.99. The number of carbonyl (C=O) groups excluding carboxylic acids is 2. The summed E-state index contributed by atoms with van der Waals surface area (Å²) >= 11 is 0. The quantitative estimate of drug-likeness (QED) is 0.632. The molecule has 0 saturated heterocycles. The number of aryl methyl sites for hydroxylation is 1. The van der Waals surface area contributed by atoms with Crippen molar-refractivity contribution >= 4 is 12.2 Å². The molecule has 1 N–H and O–H groups in total. The first-order valence-electron chi connectivity index (χ1n) is 8.78. The minimum absolute atomic E-state index is 0.315. The van der Waals surface area contributed by atoms with E-state index >= 15 is 0 Å². The third-order valence-corrected chi connectivity index (χ3v) is 4.34. The second-order valence-electron chi connectivity index (χ2n) is 6.52. The van der Waals surface area contributed by atoms with Gasteiger partial charge in [0.1, 0.15) is 17.7 Å². The van der Waals surface area contributed by atoms with Crippen molar-refractivity contribution in [3.63, 3.8) is 0 Å². The van der Waals surface area contributed by atoms with Crippen LogP contribution in [0.3, 0.4) is 0 Å². The molecule has 1 aliphatic rings. The fraction of sp³-hybridized carbons (Fsp3) is 0.350. The average Bonchev–Trinajstić information content (AvgIpc) is 3.02. The van der Waals surface area contributed by atoms with Crippen molar-refractivity contribution in [2.24, 2.45) is 0 Å². The van der Waals surface area contributed by atoms with Crippen molar-refractivity contribution in [3.05, 3.63) is 53.4 Å². The number of hydrogen-bond donors (Lipinski definition) is 1. The molecule has 1 aliphatic heterocycles. The first-order valence-corrected chi connectivity index (χ1v) is 8.78. The number of carbonyl (C=O) groups is 2. The molecular formula is C20H23N3O3. The largest absolute Gasteiger partial charge is 0.493 e. The van der Waals surface area contributed by atoms with Crippen LogP contribution in [0.5, 0.6) is 5.75 Å². The van der Waals surface area contributed by atoms with Gasteiger partial charge in [-0.15, -0.1) is 0 Å². The number of aromatic nitrogens is 2. The summed E-state index contributed by atoms with van der Waals surface area (Å²) in [7, 11) is 0. The van der Waals surface area contributed by atoms with Crippen LogP contribution >= 0.6 is 0 Å². The van der Waals surface area contributed by atoms with Crippen LogP contribution in [0.25, 0.3) is 5.69 Å². The van der Waals surface area contributed by atoms with E-state index in [1.807, 2.05) is 38.1 Å². The van der Waals surface area contributed by atoms with Gasteiger partial charge in [-0.05, 0) is 44.9 Å². The molecule has 0 aliphatic carbocycles. The van der Waals surface area contributed by atoms with Crippen molar-refractivity contribution in [2.45, 2.75) is 39.2 Å². The summed E-state index contributed by atoms with van der Waals surface area (Å²) in [6.45, 7) is 4.45. The Hall–Kier alpha value is -2.89. The Morgan fingerprint density at radius 1 is 1.31 bits per heavy atom. The van der Waals surface area contributed by atoms with Crippen LogP contribution in [-0.2, 0) is 4.79 Å². The van der Waals surface area contributed by atoms with Crippen LogP contribution in [0, 0.1) is 6.92 Å². The summed E-state index contributed by atoms with van der Waals surface area (Å²) < 4.78 is 7.43. The van der Waals surface area contributed by atoms with E-state index in [1.54, 1.807) is 10.7 Å². The fourth-order valence-corrected chi connectivity index (χ4v) is 2.92. The summed E-state index contributed by atoms with van der Waals surface area (Å²) in [5, 5.41) is 7.23. The van der Waals surface area contributed by atoms with E-state index in [0.29, 0.717) is 18.7 Å². The molecule has 0 fully saturated rings. The van der Waals surface area contributed by atoms with E-state index in [2.05, 4.69) is 16.5 Å². The smallest absolute Gasteiger partial charge is 0.270 e. The minimum Gasteiger partial charge on any atom is -0.493 e. The van der Waals surface area contributed by atoms with Crippen molar-refractivity contribution in [1.29, 1.82) is 0 Å². The molecule has 136 valence electrons. The number of ether oxygens (including phenoxy) is 1. The SMILES string of the molecule is C/C1=C\CC[C@@H](C=O)NC(=O)c2cc(C)nn2-c2cccc(c2)OCC1. The first-order chi connectivity index (χ1) is 12.6. The zero-order valence-corrected chi connectivity index (χ0v) is 15.1. The van der Waals surface area contributed by atoms with Gasteiger partial charge in [-0.1, -0.05) is 17.7 Å². The van der Waals surface area contributed by atoms with E-state index in [9.17, 15) is 9.59 Å². The Kier molecular flexibility index (Phi) is 5.51. The van der Waals surface area contributed by atoms with Crippen LogP contribution in [0.4, 0.5) is 0 Å². The maximum atomic E-state index is 12.7. The molecule has 6 heteroatoms. The first kappa shape index (κ1) is 17.9. The molecule has 2 aromatic rings. The van der Waals surface area contributed by atoms with Gasteiger partial charge in [-0.2, -0.15) is 5.10 Å². The molecule has 1 atom stereocenters. The Balaban J connectivity index is 1.99. The molecule has 0 radical (unpaired) electrons. The number of hydrogen-bond acceptors (Lipinski definition) is 4. The van der Waals surface area contributed by atoms with E-state index in [-0.39, 0.29) is 5.91 Å². The maximum absolute atomic E-state index is 12.7. The highest BCUT2D eigenvalue weighted by Crippen LogP contribution is 2.20. The number of allylic oxidation sites excluding steroid dienone is 1. The highest BCUT2D eigenvalue weighted by molar-refractivity contribution is 5.94. The van der Waals surface area contributed by atoms with Gasteiger partial charge in [-0.25, -0.2) is 4.68 Å². The van der Waals surface area contributed by atoms with Crippen LogP contribution in [0.2, 0.25) is 0 Å². The lowest BCUT2D eigenvalue weighted by Crippen LogP contribution is -2.37. The lowest BCUT2D eigenvalue weighted by Gasteiger charge is -2.13. The van der Waals surface area contributed by atoms with Gasteiger partial charge in [0.2, 0.25) is 0 Å². The van der Waals surface area contributed by atoms with Gasteiger partial charge in [0.05, 0.1) is 24.0 Å². The Morgan fingerprint density at radius 3 is 2.96 bits per heavy atom. The number of benzene rings is 1.